The topological polar surface area (TPSA) is 88.5 Å². The molecule has 0 aliphatic carbocycles. The molecule has 0 spiro atoms. The average molecular weight is 429 g/mol. The van der Waals surface area contributed by atoms with Crippen LogP contribution in [0.4, 0.5) is 4.39 Å². The highest BCUT2D eigenvalue weighted by Crippen LogP contribution is 2.38. The molecular formula is C21H20FN3O4S. The van der Waals surface area contributed by atoms with Gasteiger partial charge < -0.3 is 19.9 Å². The number of fused-ring (bicyclic) bond motifs is 1. The van der Waals surface area contributed by atoms with Gasteiger partial charge in [0.2, 0.25) is 5.88 Å². The van der Waals surface area contributed by atoms with Crippen LogP contribution in [-0.4, -0.2) is 35.4 Å². The van der Waals surface area contributed by atoms with Crippen LogP contribution < -0.4 is 20.3 Å². The lowest BCUT2D eigenvalue weighted by Crippen LogP contribution is -2.35. The van der Waals surface area contributed by atoms with Crippen molar-refractivity contribution in [2.75, 3.05) is 20.8 Å². The molecule has 1 aromatic heterocycles. The summed E-state index contributed by atoms with van der Waals surface area (Å²) in [5, 5.41) is 14.3. The summed E-state index contributed by atoms with van der Waals surface area (Å²) >= 11 is 5.23. The van der Waals surface area contributed by atoms with Gasteiger partial charge in [-0.1, -0.05) is 6.07 Å². The Labute approximate surface area is 176 Å². The van der Waals surface area contributed by atoms with Crippen molar-refractivity contribution >= 4 is 12.2 Å². The van der Waals surface area contributed by atoms with E-state index >= 15 is 0 Å². The highest BCUT2D eigenvalue weighted by Gasteiger charge is 2.30. The molecule has 156 valence electrons. The molecule has 0 saturated heterocycles. The van der Waals surface area contributed by atoms with Gasteiger partial charge in [-0.25, -0.2) is 4.39 Å². The Morgan fingerprint density at radius 3 is 2.63 bits per heavy atom. The third-order valence-electron chi connectivity index (χ3n) is 5.18. The number of hydrogen-bond acceptors (Lipinski definition) is 6. The zero-order valence-electron chi connectivity index (χ0n) is 16.4. The number of aromatic amines is 1. The molecule has 2 heterocycles. The number of halogens is 1. The van der Waals surface area contributed by atoms with Gasteiger partial charge >= 0.3 is 0 Å². The minimum atomic E-state index is -0.618. The van der Waals surface area contributed by atoms with Crippen molar-refractivity contribution in [1.29, 1.82) is 0 Å². The average Bonchev–Trinajstić information content (AvgIpc) is 2.72. The van der Waals surface area contributed by atoms with Crippen molar-refractivity contribution in [3.05, 3.63) is 74.0 Å². The van der Waals surface area contributed by atoms with Gasteiger partial charge in [-0.3, -0.25) is 14.3 Å². The first-order valence-corrected chi connectivity index (χ1v) is 9.67. The minimum Gasteiger partial charge on any atom is -0.494 e. The van der Waals surface area contributed by atoms with Crippen LogP contribution in [0.5, 0.6) is 17.4 Å². The zero-order chi connectivity index (χ0) is 21.4. The van der Waals surface area contributed by atoms with E-state index in [9.17, 15) is 14.3 Å². The highest BCUT2D eigenvalue weighted by molar-refractivity contribution is 7.71. The Balaban J connectivity index is 1.94. The molecule has 0 fully saturated rings. The van der Waals surface area contributed by atoms with E-state index in [4.69, 9.17) is 21.7 Å². The standard InChI is InChI=1S/C21H20FN3O4S/c1-28-15-8-11-6-7-23-18(14(11)10-16(15)29-2)17-19(26)24-21(30)25(20(17)27)13-5-3-4-12(22)9-13/h3-5,8-10,18,23,27H,6-7H2,1-2H3,(H,24,26,30). The lowest BCUT2D eigenvalue weighted by Gasteiger charge is -2.29. The van der Waals surface area contributed by atoms with Gasteiger partial charge in [0.1, 0.15) is 5.82 Å². The van der Waals surface area contributed by atoms with E-state index in [0.29, 0.717) is 30.2 Å². The Morgan fingerprint density at radius 2 is 1.93 bits per heavy atom. The summed E-state index contributed by atoms with van der Waals surface area (Å²) in [6.07, 6.45) is 0.716. The number of aromatic nitrogens is 2. The predicted octanol–water partition coefficient (Wildman–Crippen LogP) is 2.99. The molecule has 7 nitrogen and oxygen atoms in total. The van der Waals surface area contributed by atoms with E-state index in [1.54, 1.807) is 19.2 Å². The fourth-order valence-electron chi connectivity index (χ4n) is 3.79. The lowest BCUT2D eigenvalue weighted by atomic mass is 9.90. The van der Waals surface area contributed by atoms with Gasteiger partial charge in [0.15, 0.2) is 16.3 Å². The summed E-state index contributed by atoms with van der Waals surface area (Å²) in [5.41, 5.74) is 1.61. The molecule has 3 aromatic rings. The fourth-order valence-corrected chi connectivity index (χ4v) is 4.08. The molecule has 2 aromatic carbocycles. The maximum Gasteiger partial charge on any atom is 0.260 e. The third kappa shape index (κ3) is 3.35. The molecule has 1 unspecified atom stereocenters. The number of ether oxygens (including phenoxy) is 2. The van der Waals surface area contributed by atoms with Crippen LogP contribution in [-0.2, 0) is 6.42 Å². The zero-order valence-corrected chi connectivity index (χ0v) is 17.2. The number of nitrogens with one attached hydrogen (secondary N) is 2. The summed E-state index contributed by atoms with van der Waals surface area (Å²) in [6, 6.07) is 8.66. The van der Waals surface area contributed by atoms with Gasteiger partial charge in [0.25, 0.3) is 5.56 Å². The number of methoxy groups -OCH3 is 2. The summed E-state index contributed by atoms with van der Waals surface area (Å²) in [7, 11) is 3.09. The van der Waals surface area contributed by atoms with Crippen LogP contribution in [0.1, 0.15) is 22.7 Å². The summed E-state index contributed by atoms with van der Waals surface area (Å²) in [4.78, 5) is 15.4. The van der Waals surface area contributed by atoms with Crippen molar-refractivity contribution in [1.82, 2.24) is 14.9 Å². The summed E-state index contributed by atoms with van der Waals surface area (Å²) in [5.74, 6) is 0.263. The molecule has 0 radical (unpaired) electrons. The minimum absolute atomic E-state index is 0.0322. The van der Waals surface area contributed by atoms with Crippen molar-refractivity contribution in [2.45, 2.75) is 12.5 Å². The number of hydrogen-bond donors (Lipinski definition) is 3. The Bertz CT molecular complexity index is 1240. The fraction of sp³-hybridized carbons (Fsp3) is 0.238. The van der Waals surface area contributed by atoms with Crippen molar-refractivity contribution in [3.63, 3.8) is 0 Å². The molecule has 1 atom stereocenters. The van der Waals surface area contributed by atoms with Gasteiger partial charge in [0.05, 0.1) is 31.5 Å². The molecule has 30 heavy (non-hydrogen) atoms. The molecule has 1 aliphatic rings. The maximum atomic E-state index is 13.8. The number of rotatable bonds is 4. The van der Waals surface area contributed by atoms with E-state index in [1.165, 1.54) is 29.9 Å². The Morgan fingerprint density at radius 1 is 1.20 bits per heavy atom. The van der Waals surface area contributed by atoms with Gasteiger partial charge in [-0.15, -0.1) is 0 Å². The largest absolute Gasteiger partial charge is 0.494 e. The van der Waals surface area contributed by atoms with E-state index in [2.05, 4.69) is 10.3 Å². The first kappa shape index (κ1) is 20.1. The lowest BCUT2D eigenvalue weighted by molar-refractivity contribution is 0.352. The van der Waals surface area contributed by atoms with Crippen LogP contribution in [0.3, 0.4) is 0 Å². The smallest absolute Gasteiger partial charge is 0.260 e. The van der Waals surface area contributed by atoms with E-state index in [1.807, 2.05) is 6.07 Å². The third-order valence-corrected chi connectivity index (χ3v) is 5.46. The number of H-pyrrole nitrogens is 1. The van der Waals surface area contributed by atoms with Crippen molar-refractivity contribution in [3.8, 4) is 23.1 Å². The van der Waals surface area contributed by atoms with E-state index in [0.717, 1.165) is 11.1 Å². The normalized spacial score (nSPS) is 15.5. The Kier molecular flexibility index (Phi) is 5.31. The van der Waals surface area contributed by atoms with Crippen LogP contribution in [0.2, 0.25) is 0 Å². The number of nitrogens with zero attached hydrogens (tertiary/aromatic N) is 1. The molecule has 0 saturated carbocycles. The summed E-state index contributed by atoms with van der Waals surface area (Å²) < 4.78 is 25.8. The quantitative estimate of drug-likeness (QED) is 0.553. The predicted molar refractivity (Wildman–Crippen MR) is 112 cm³/mol. The van der Waals surface area contributed by atoms with Gasteiger partial charge in [-0.2, -0.15) is 0 Å². The molecule has 3 N–H and O–H groups in total. The molecular weight excluding hydrogens is 409 g/mol. The van der Waals surface area contributed by atoms with E-state index < -0.39 is 17.4 Å². The molecule has 0 amide bonds. The summed E-state index contributed by atoms with van der Waals surface area (Å²) in [6.45, 7) is 0.585. The van der Waals surface area contributed by atoms with Crippen LogP contribution in [0.15, 0.2) is 41.2 Å². The molecule has 1 aliphatic heterocycles. The SMILES string of the molecule is COc1cc2c(cc1OC)C(c1c(O)n(-c3cccc(F)c3)c(=S)[nH]c1=O)NCC2. The number of benzene rings is 2. The molecule has 0 bridgehead atoms. The van der Waals surface area contributed by atoms with Crippen LogP contribution in [0, 0.1) is 10.6 Å². The first-order valence-electron chi connectivity index (χ1n) is 9.27. The van der Waals surface area contributed by atoms with Crippen LogP contribution >= 0.6 is 12.2 Å². The van der Waals surface area contributed by atoms with Gasteiger partial charge in [0, 0.05) is 6.54 Å². The second-order valence-corrected chi connectivity index (χ2v) is 7.24. The monoisotopic (exact) mass is 429 g/mol. The highest BCUT2D eigenvalue weighted by atomic mass is 32.1. The Hall–Kier alpha value is -3.17. The van der Waals surface area contributed by atoms with E-state index in [-0.39, 0.29) is 16.2 Å². The maximum absolute atomic E-state index is 13.8. The first-order chi connectivity index (χ1) is 14.4. The molecule has 9 heteroatoms. The van der Waals surface area contributed by atoms with Crippen molar-refractivity contribution < 1.29 is 19.0 Å². The molecule has 4 rings (SSSR count). The second kappa shape index (κ2) is 7.92. The number of aromatic hydroxyl groups is 1. The van der Waals surface area contributed by atoms with Crippen LogP contribution in [0.25, 0.3) is 5.69 Å². The van der Waals surface area contributed by atoms with Gasteiger partial charge in [-0.05, 0) is 60.1 Å². The second-order valence-electron chi connectivity index (χ2n) is 6.85. The van der Waals surface area contributed by atoms with Crippen molar-refractivity contribution in [2.24, 2.45) is 0 Å².